The van der Waals surface area contributed by atoms with Crippen LogP contribution in [0, 0.1) is 20.4 Å². The summed E-state index contributed by atoms with van der Waals surface area (Å²) in [7, 11) is 0. The second-order valence-corrected chi connectivity index (χ2v) is 6.44. The molecule has 0 bridgehead atoms. The number of benzene rings is 2. The van der Waals surface area contributed by atoms with Crippen LogP contribution >= 0.6 is 23.2 Å². The Morgan fingerprint density at radius 1 is 1.00 bits per heavy atom. The molecule has 0 N–H and O–H groups in total. The SMILES string of the molecule is CCOC(=O)Cc1cc(C)cc(Cl)c1.[C-]#[N+]Cc1cc(C)cc(Cl)c1. The number of hydrogen-bond acceptors (Lipinski definition) is 2. The van der Waals surface area contributed by atoms with Crippen molar-refractivity contribution in [2.24, 2.45) is 0 Å². The predicted molar refractivity (Wildman–Crippen MR) is 103 cm³/mol. The lowest BCUT2D eigenvalue weighted by atomic mass is 10.1. The molecular weight excluding hydrogens is 357 g/mol. The van der Waals surface area contributed by atoms with E-state index < -0.39 is 0 Å². The number of nitrogens with zero attached hydrogens (tertiary/aromatic N) is 1. The minimum atomic E-state index is -0.214. The summed E-state index contributed by atoms with van der Waals surface area (Å²) in [6.07, 6.45) is 0.287. The van der Waals surface area contributed by atoms with E-state index in [2.05, 4.69) is 4.85 Å². The molecule has 0 spiro atoms. The van der Waals surface area contributed by atoms with Crippen LogP contribution in [0.25, 0.3) is 4.85 Å². The molecule has 2 aromatic carbocycles. The summed E-state index contributed by atoms with van der Waals surface area (Å²) in [5.74, 6) is -0.214. The van der Waals surface area contributed by atoms with Gasteiger partial charge in [-0.05, 0) is 67.8 Å². The summed E-state index contributed by atoms with van der Waals surface area (Å²) < 4.78 is 4.84. The van der Waals surface area contributed by atoms with Crippen LogP contribution in [0.2, 0.25) is 10.0 Å². The van der Waals surface area contributed by atoms with E-state index in [1.807, 2.05) is 44.2 Å². The predicted octanol–water partition coefficient (Wildman–Crippen LogP) is 5.82. The highest BCUT2D eigenvalue weighted by Gasteiger charge is 2.04. The highest BCUT2D eigenvalue weighted by Crippen LogP contribution is 2.16. The van der Waals surface area contributed by atoms with E-state index in [1.54, 1.807) is 13.0 Å². The van der Waals surface area contributed by atoms with Crippen molar-refractivity contribution in [3.05, 3.63) is 80.1 Å². The molecule has 0 unspecified atom stereocenters. The van der Waals surface area contributed by atoms with Gasteiger partial charge in [-0.1, -0.05) is 29.3 Å². The molecule has 0 amide bonds. The zero-order valence-corrected chi connectivity index (χ0v) is 16.1. The average Bonchev–Trinajstić information content (AvgIpc) is 2.46. The first kappa shape index (κ1) is 21.0. The Hall–Kier alpha value is -2.02. The molecule has 132 valence electrons. The van der Waals surface area contributed by atoms with Gasteiger partial charge in [0.2, 0.25) is 6.54 Å². The van der Waals surface area contributed by atoms with E-state index in [0.29, 0.717) is 23.2 Å². The maximum Gasteiger partial charge on any atom is 0.310 e. The van der Waals surface area contributed by atoms with Gasteiger partial charge in [-0.2, -0.15) is 0 Å². The minimum Gasteiger partial charge on any atom is -0.466 e. The van der Waals surface area contributed by atoms with Crippen molar-refractivity contribution in [3.63, 3.8) is 0 Å². The van der Waals surface area contributed by atoms with Gasteiger partial charge in [0.15, 0.2) is 0 Å². The monoisotopic (exact) mass is 377 g/mol. The van der Waals surface area contributed by atoms with Gasteiger partial charge in [-0.15, -0.1) is 0 Å². The van der Waals surface area contributed by atoms with Gasteiger partial charge in [0.1, 0.15) is 0 Å². The quantitative estimate of drug-likeness (QED) is 0.496. The fourth-order valence-electron chi connectivity index (χ4n) is 2.29. The fraction of sp³-hybridized carbons (Fsp3) is 0.300. The van der Waals surface area contributed by atoms with Crippen molar-refractivity contribution in [1.29, 1.82) is 0 Å². The van der Waals surface area contributed by atoms with Crippen molar-refractivity contribution in [3.8, 4) is 0 Å². The van der Waals surface area contributed by atoms with Crippen molar-refractivity contribution >= 4 is 29.2 Å². The maximum absolute atomic E-state index is 11.2. The van der Waals surface area contributed by atoms with E-state index in [4.69, 9.17) is 34.5 Å². The second-order valence-electron chi connectivity index (χ2n) is 5.57. The average molecular weight is 378 g/mol. The zero-order valence-electron chi connectivity index (χ0n) is 14.6. The molecular formula is C20H21Cl2NO2. The van der Waals surface area contributed by atoms with Gasteiger partial charge < -0.3 is 9.58 Å². The van der Waals surface area contributed by atoms with Crippen molar-refractivity contribution < 1.29 is 9.53 Å². The van der Waals surface area contributed by atoms with E-state index in [-0.39, 0.29) is 12.4 Å². The fourth-order valence-corrected chi connectivity index (χ4v) is 2.91. The van der Waals surface area contributed by atoms with Crippen LogP contribution in [0.5, 0.6) is 0 Å². The van der Waals surface area contributed by atoms with E-state index >= 15 is 0 Å². The number of aryl methyl sites for hydroxylation is 2. The molecule has 0 aliphatic carbocycles. The van der Waals surface area contributed by atoms with Crippen LogP contribution in [0.4, 0.5) is 0 Å². The normalized spacial score (nSPS) is 9.60. The molecule has 0 heterocycles. The van der Waals surface area contributed by atoms with E-state index in [1.165, 1.54) is 0 Å². The molecule has 0 saturated heterocycles. The molecule has 5 heteroatoms. The van der Waals surface area contributed by atoms with E-state index in [0.717, 1.165) is 22.3 Å². The third-order valence-corrected chi connectivity index (χ3v) is 3.56. The van der Waals surface area contributed by atoms with E-state index in [9.17, 15) is 4.79 Å². The Bertz CT molecular complexity index is 726. The largest absolute Gasteiger partial charge is 0.466 e. The van der Waals surface area contributed by atoms with Crippen LogP contribution < -0.4 is 0 Å². The Morgan fingerprint density at radius 2 is 1.52 bits per heavy atom. The third-order valence-electron chi connectivity index (χ3n) is 3.12. The van der Waals surface area contributed by atoms with Crippen LogP contribution in [-0.2, 0) is 22.5 Å². The minimum absolute atomic E-state index is 0.214. The smallest absolute Gasteiger partial charge is 0.310 e. The zero-order chi connectivity index (χ0) is 18.8. The molecule has 25 heavy (non-hydrogen) atoms. The lowest BCUT2D eigenvalue weighted by Gasteiger charge is -2.03. The molecule has 2 aromatic rings. The highest BCUT2D eigenvalue weighted by molar-refractivity contribution is 6.31. The molecule has 0 fully saturated rings. The third kappa shape index (κ3) is 8.58. The number of ether oxygens (including phenoxy) is 1. The lowest BCUT2D eigenvalue weighted by Crippen LogP contribution is -2.07. The Morgan fingerprint density at radius 3 is 2.00 bits per heavy atom. The molecule has 0 aliphatic heterocycles. The van der Waals surface area contributed by atoms with Gasteiger partial charge in [-0.3, -0.25) is 4.79 Å². The number of hydrogen-bond donors (Lipinski definition) is 0. The van der Waals surface area contributed by atoms with Crippen molar-refractivity contribution in [2.75, 3.05) is 6.61 Å². The number of esters is 1. The highest BCUT2D eigenvalue weighted by atomic mass is 35.5. The van der Waals surface area contributed by atoms with Gasteiger partial charge in [0, 0.05) is 15.6 Å². The number of halogens is 2. The molecule has 0 radical (unpaired) electrons. The van der Waals surface area contributed by atoms with Crippen molar-refractivity contribution in [1.82, 2.24) is 0 Å². The van der Waals surface area contributed by atoms with Gasteiger partial charge in [0.25, 0.3) is 0 Å². The number of carbonyl (C=O) groups excluding carboxylic acids is 1. The number of rotatable bonds is 4. The lowest BCUT2D eigenvalue weighted by molar-refractivity contribution is -0.142. The summed E-state index contributed by atoms with van der Waals surface area (Å²) in [5, 5.41) is 1.37. The first-order chi connectivity index (χ1) is 11.8. The van der Waals surface area contributed by atoms with Crippen molar-refractivity contribution in [2.45, 2.75) is 33.7 Å². The summed E-state index contributed by atoms with van der Waals surface area (Å²) in [6.45, 7) is 13.2. The summed E-state index contributed by atoms with van der Waals surface area (Å²) in [4.78, 5) is 14.4. The van der Waals surface area contributed by atoms with Crippen LogP contribution in [0.3, 0.4) is 0 Å². The second kappa shape index (κ2) is 10.8. The standard InChI is InChI=1S/C11H13ClO2.C9H8ClN/c1-3-14-11(13)7-9-4-8(2)5-10(12)6-9;1-7-3-8(6-11-2)5-9(10)4-7/h4-6H,3,7H2,1-2H3;3-5H,6H2,1H3. The molecule has 0 atom stereocenters. The summed E-state index contributed by atoms with van der Waals surface area (Å²) in [5.41, 5.74) is 4.05. The first-order valence-electron chi connectivity index (χ1n) is 7.85. The molecule has 0 aliphatic rings. The molecule has 0 saturated carbocycles. The summed E-state index contributed by atoms with van der Waals surface area (Å²) >= 11 is 11.6. The Kier molecular flexibility index (Phi) is 9.05. The van der Waals surface area contributed by atoms with Gasteiger partial charge >= 0.3 is 5.97 Å². The number of carbonyl (C=O) groups is 1. The molecule has 3 nitrogen and oxygen atoms in total. The first-order valence-corrected chi connectivity index (χ1v) is 8.60. The molecule has 2 rings (SSSR count). The maximum atomic E-state index is 11.2. The Balaban J connectivity index is 0.000000257. The van der Waals surface area contributed by atoms with Gasteiger partial charge in [-0.25, -0.2) is 6.57 Å². The topological polar surface area (TPSA) is 30.7 Å². The summed E-state index contributed by atoms with van der Waals surface area (Å²) in [6, 6.07) is 11.3. The van der Waals surface area contributed by atoms with Gasteiger partial charge in [0.05, 0.1) is 13.0 Å². The van der Waals surface area contributed by atoms with Crippen LogP contribution in [0.1, 0.15) is 29.2 Å². The Labute approximate surface area is 159 Å². The van der Waals surface area contributed by atoms with Crippen LogP contribution in [0.15, 0.2) is 36.4 Å². The van der Waals surface area contributed by atoms with Crippen LogP contribution in [-0.4, -0.2) is 12.6 Å². The molecule has 0 aromatic heterocycles.